The molecule has 156 valence electrons. The SMILES string of the molecule is C[C@@H]1[C@H](C)N(C(=O)c2ccc3c(c2)N(C)C(=O)CO3)CCN1C(=O)c1ccccn1. The van der Waals surface area contributed by atoms with Crippen LogP contribution in [0.1, 0.15) is 34.7 Å². The minimum absolute atomic E-state index is 0.00238. The van der Waals surface area contributed by atoms with E-state index in [1.54, 1.807) is 59.4 Å². The van der Waals surface area contributed by atoms with Gasteiger partial charge in [0.25, 0.3) is 17.7 Å². The summed E-state index contributed by atoms with van der Waals surface area (Å²) in [6.07, 6.45) is 1.60. The first kappa shape index (κ1) is 19.9. The molecule has 3 heterocycles. The monoisotopic (exact) mass is 408 g/mol. The molecule has 0 N–H and O–H groups in total. The zero-order valence-electron chi connectivity index (χ0n) is 17.2. The number of hydrogen-bond acceptors (Lipinski definition) is 5. The second-order valence-corrected chi connectivity index (χ2v) is 7.62. The first-order valence-electron chi connectivity index (χ1n) is 9.95. The summed E-state index contributed by atoms with van der Waals surface area (Å²) >= 11 is 0. The third-order valence-corrected chi connectivity index (χ3v) is 5.96. The molecule has 0 unspecified atom stereocenters. The van der Waals surface area contributed by atoms with Gasteiger partial charge in [0, 0.05) is 44.0 Å². The van der Waals surface area contributed by atoms with E-state index in [9.17, 15) is 14.4 Å². The predicted octanol–water partition coefficient (Wildman–Crippen LogP) is 1.81. The lowest BCUT2D eigenvalue weighted by molar-refractivity contribution is -0.121. The van der Waals surface area contributed by atoms with Crippen molar-refractivity contribution in [2.45, 2.75) is 25.9 Å². The number of ether oxygens (including phenoxy) is 1. The lowest BCUT2D eigenvalue weighted by atomic mass is 10.0. The van der Waals surface area contributed by atoms with Gasteiger partial charge in [0.2, 0.25) is 0 Å². The highest BCUT2D eigenvalue weighted by Crippen LogP contribution is 2.33. The molecule has 2 aliphatic rings. The molecule has 0 bridgehead atoms. The molecule has 0 saturated carbocycles. The van der Waals surface area contributed by atoms with E-state index in [-0.39, 0.29) is 36.4 Å². The van der Waals surface area contributed by atoms with E-state index < -0.39 is 0 Å². The Labute approximate surface area is 175 Å². The zero-order chi connectivity index (χ0) is 21.4. The fourth-order valence-corrected chi connectivity index (χ4v) is 3.92. The Kier molecular flexibility index (Phi) is 5.15. The second-order valence-electron chi connectivity index (χ2n) is 7.62. The molecule has 2 atom stereocenters. The van der Waals surface area contributed by atoms with E-state index in [2.05, 4.69) is 4.98 Å². The Morgan fingerprint density at radius 3 is 2.40 bits per heavy atom. The molecule has 8 heteroatoms. The summed E-state index contributed by atoms with van der Waals surface area (Å²) in [6, 6.07) is 10.0. The lowest BCUT2D eigenvalue weighted by Crippen LogP contribution is -2.60. The number of carbonyl (C=O) groups excluding carboxylic acids is 3. The zero-order valence-corrected chi connectivity index (χ0v) is 17.2. The van der Waals surface area contributed by atoms with Crippen LogP contribution >= 0.6 is 0 Å². The van der Waals surface area contributed by atoms with Gasteiger partial charge in [-0.05, 0) is 44.2 Å². The van der Waals surface area contributed by atoms with Gasteiger partial charge in [-0.25, -0.2) is 0 Å². The summed E-state index contributed by atoms with van der Waals surface area (Å²) in [6.45, 7) is 4.73. The second kappa shape index (κ2) is 7.78. The number of piperazine rings is 1. The van der Waals surface area contributed by atoms with Crippen molar-refractivity contribution >= 4 is 23.4 Å². The Hall–Kier alpha value is -3.42. The van der Waals surface area contributed by atoms with Gasteiger partial charge >= 0.3 is 0 Å². The number of aromatic nitrogens is 1. The smallest absolute Gasteiger partial charge is 0.272 e. The first-order chi connectivity index (χ1) is 14.4. The van der Waals surface area contributed by atoms with Crippen LogP contribution in [0, 0.1) is 0 Å². The van der Waals surface area contributed by atoms with Gasteiger partial charge in [-0.3, -0.25) is 19.4 Å². The van der Waals surface area contributed by atoms with Crippen LogP contribution in [0.25, 0.3) is 0 Å². The molecule has 1 aromatic heterocycles. The molecular weight excluding hydrogens is 384 g/mol. The number of benzene rings is 1. The maximum Gasteiger partial charge on any atom is 0.272 e. The van der Waals surface area contributed by atoms with Crippen molar-refractivity contribution in [3.05, 3.63) is 53.9 Å². The summed E-state index contributed by atoms with van der Waals surface area (Å²) in [4.78, 5) is 47.2. The molecule has 1 saturated heterocycles. The highest BCUT2D eigenvalue weighted by atomic mass is 16.5. The van der Waals surface area contributed by atoms with Crippen LogP contribution in [0.3, 0.4) is 0 Å². The molecule has 1 fully saturated rings. The van der Waals surface area contributed by atoms with Crippen molar-refractivity contribution in [3.8, 4) is 5.75 Å². The van der Waals surface area contributed by atoms with Gasteiger partial charge in [-0.15, -0.1) is 0 Å². The predicted molar refractivity (Wildman–Crippen MR) is 111 cm³/mol. The van der Waals surface area contributed by atoms with Gasteiger partial charge in [-0.2, -0.15) is 0 Å². The van der Waals surface area contributed by atoms with E-state index in [1.807, 2.05) is 13.8 Å². The molecule has 2 aliphatic heterocycles. The lowest BCUT2D eigenvalue weighted by Gasteiger charge is -2.45. The molecule has 3 amide bonds. The number of carbonyl (C=O) groups is 3. The van der Waals surface area contributed by atoms with Crippen molar-refractivity contribution < 1.29 is 19.1 Å². The number of amides is 3. The Balaban J connectivity index is 1.53. The standard InChI is InChI=1S/C22H24N4O4/c1-14-15(2)26(22(29)17-6-4-5-9-23-17)11-10-25(14)21(28)16-7-8-19-18(12-16)24(3)20(27)13-30-19/h4-9,12,14-15H,10-11,13H2,1-3H3/t14-,15+/m0/s1. The van der Waals surface area contributed by atoms with Crippen molar-refractivity contribution in [3.63, 3.8) is 0 Å². The average molecular weight is 408 g/mol. The fourth-order valence-electron chi connectivity index (χ4n) is 3.92. The third-order valence-electron chi connectivity index (χ3n) is 5.96. The van der Waals surface area contributed by atoms with Crippen LogP contribution in [0.4, 0.5) is 5.69 Å². The van der Waals surface area contributed by atoms with E-state index in [1.165, 1.54) is 4.90 Å². The van der Waals surface area contributed by atoms with Gasteiger partial charge < -0.3 is 19.4 Å². The molecule has 4 rings (SSSR count). The maximum absolute atomic E-state index is 13.2. The van der Waals surface area contributed by atoms with Crippen LogP contribution in [-0.2, 0) is 4.79 Å². The van der Waals surface area contributed by atoms with Crippen LogP contribution in [0.15, 0.2) is 42.6 Å². The first-order valence-corrected chi connectivity index (χ1v) is 9.95. The van der Waals surface area contributed by atoms with Crippen molar-refractivity contribution in [2.24, 2.45) is 0 Å². The molecule has 1 aromatic carbocycles. The quantitative estimate of drug-likeness (QED) is 0.757. The normalized spacial score (nSPS) is 21.2. The average Bonchev–Trinajstić information content (AvgIpc) is 2.77. The number of likely N-dealkylation sites (N-methyl/N-ethyl adjacent to an activating group) is 1. The maximum atomic E-state index is 13.2. The van der Waals surface area contributed by atoms with Crippen LogP contribution in [0.5, 0.6) is 5.75 Å². The molecule has 8 nitrogen and oxygen atoms in total. The molecule has 0 radical (unpaired) electrons. The van der Waals surface area contributed by atoms with Crippen molar-refractivity contribution in [1.29, 1.82) is 0 Å². The number of rotatable bonds is 2. The topological polar surface area (TPSA) is 83.1 Å². The van der Waals surface area contributed by atoms with Gasteiger partial charge in [0.15, 0.2) is 6.61 Å². The Morgan fingerprint density at radius 2 is 1.73 bits per heavy atom. The highest BCUT2D eigenvalue weighted by molar-refractivity contribution is 6.01. The molecule has 0 aliphatic carbocycles. The number of hydrogen-bond donors (Lipinski definition) is 0. The number of fused-ring (bicyclic) bond motifs is 1. The summed E-state index contributed by atoms with van der Waals surface area (Å²) in [5, 5.41) is 0. The number of pyridine rings is 1. The molecule has 0 spiro atoms. The minimum Gasteiger partial charge on any atom is -0.482 e. The summed E-state index contributed by atoms with van der Waals surface area (Å²) in [5.41, 5.74) is 1.47. The van der Waals surface area contributed by atoms with E-state index in [0.717, 1.165) is 0 Å². The van der Waals surface area contributed by atoms with Crippen molar-refractivity contribution in [2.75, 3.05) is 31.6 Å². The summed E-state index contributed by atoms with van der Waals surface area (Å²) in [7, 11) is 1.67. The van der Waals surface area contributed by atoms with Gasteiger partial charge in [-0.1, -0.05) is 6.07 Å². The Morgan fingerprint density at radius 1 is 1.03 bits per heavy atom. The summed E-state index contributed by atoms with van der Waals surface area (Å²) in [5.74, 6) is 0.165. The van der Waals surface area contributed by atoms with Crippen LogP contribution < -0.4 is 9.64 Å². The van der Waals surface area contributed by atoms with Crippen LogP contribution in [0.2, 0.25) is 0 Å². The third kappa shape index (κ3) is 3.38. The number of anilines is 1. The van der Waals surface area contributed by atoms with Gasteiger partial charge in [0.1, 0.15) is 11.4 Å². The van der Waals surface area contributed by atoms with E-state index in [0.29, 0.717) is 35.8 Å². The largest absolute Gasteiger partial charge is 0.482 e. The van der Waals surface area contributed by atoms with E-state index >= 15 is 0 Å². The molecule has 2 aromatic rings. The molecule has 30 heavy (non-hydrogen) atoms. The molecular formula is C22H24N4O4. The summed E-state index contributed by atoms with van der Waals surface area (Å²) < 4.78 is 5.44. The minimum atomic E-state index is -0.175. The van der Waals surface area contributed by atoms with E-state index in [4.69, 9.17) is 4.74 Å². The Bertz CT molecular complexity index is 994. The van der Waals surface area contributed by atoms with Crippen molar-refractivity contribution in [1.82, 2.24) is 14.8 Å². The highest BCUT2D eigenvalue weighted by Gasteiger charge is 2.37. The van der Waals surface area contributed by atoms with Gasteiger partial charge in [0.05, 0.1) is 5.69 Å². The number of nitrogens with zero attached hydrogens (tertiary/aromatic N) is 4. The van der Waals surface area contributed by atoms with Crippen LogP contribution in [-0.4, -0.2) is 71.3 Å². The fraction of sp³-hybridized carbons (Fsp3) is 0.364.